The van der Waals surface area contributed by atoms with Crippen LogP contribution in [0.5, 0.6) is 0 Å². The van der Waals surface area contributed by atoms with Gasteiger partial charge in [-0.1, -0.05) is 6.07 Å². The Morgan fingerprint density at radius 2 is 2.31 bits per heavy atom. The molecule has 0 saturated carbocycles. The zero-order valence-corrected chi connectivity index (χ0v) is 9.39. The number of hydrogen-bond donors (Lipinski definition) is 0. The predicted octanol–water partition coefficient (Wildman–Crippen LogP) is 1.93. The molecule has 0 amide bonds. The van der Waals surface area contributed by atoms with E-state index in [-0.39, 0.29) is 0 Å². The number of nitrogens with zero attached hydrogens (tertiary/aromatic N) is 3. The molecule has 0 N–H and O–H groups in total. The molecule has 1 unspecified atom stereocenters. The molecule has 3 heterocycles. The highest BCUT2D eigenvalue weighted by molar-refractivity contribution is 5.39. The molecule has 2 aromatic heterocycles. The van der Waals surface area contributed by atoms with Gasteiger partial charge >= 0.3 is 0 Å². The van der Waals surface area contributed by atoms with Crippen molar-refractivity contribution >= 4 is 5.65 Å². The maximum atomic E-state index is 5.50. The van der Waals surface area contributed by atoms with E-state index in [1.54, 1.807) is 0 Å². The Balaban J connectivity index is 2.05. The molecule has 4 heteroatoms. The number of aromatic nitrogens is 3. The third kappa shape index (κ3) is 1.59. The first-order valence-corrected chi connectivity index (χ1v) is 5.73. The van der Waals surface area contributed by atoms with Crippen molar-refractivity contribution in [3.8, 4) is 0 Å². The number of rotatable bonds is 1. The van der Waals surface area contributed by atoms with E-state index in [9.17, 15) is 0 Å². The van der Waals surface area contributed by atoms with E-state index in [0.29, 0.717) is 5.92 Å². The maximum absolute atomic E-state index is 5.50. The van der Waals surface area contributed by atoms with E-state index in [4.69, 9.17) is 4.74 Å². The lowest BCUT2D eigenvalue weighted by molar-refractivity contribution is 0.0777. The minimum atomic E-state index is 0.394. The first-order chi connectivity index (χ1) is 7.84. The summed E-state index contributed by atoms with van der Waals surface area (Å²) in [4.78, 5) is 0. The van der Waals surface area contributed by atoms with E-state index in [2.05, 4.69) is 33.8 Å². The van der Waals surface area contributed by atoms with Crippen molar-refractivity contribution in [2.24, 2.45) is 0 Å². The second kappa shape index (κ2) is 3.87. The summed E-state index contributed by atoms with van der Waals surface area (Å²) in [6.45, 7) is 3.74. The van der Waals surface area contributed by atoms with Gasteiger partial charge in [0.1, 0.15) is 5.82 Å². The molecule has 0 radical (unpaired) electrons. The van der Waals surface area contributed by atoms with Gasteiger partial charge < -0.3 is 4.74 Å². The maximum Gasteiger partial charge on any atom is 0.160 e. The van der Waals surface area contributed by atoms with Gasteiger partial charge in [0.15, 0.2) is 5.65 Å². The van der Waals surface area contributed by atoms with Gasteiger partial charge in [0.2, 0.25) is 0 Å². The van der Waals surface area contributed by atoms with Crippen LogP contribution in [0.25, 0.3) is 5.65 Å². The first kappa shape index (κ1) is 9.78. The summed E-state index contributed by atoms with van der Waals surface area (Å²) >= 11 is 0. The van der Waals surface area contributed by atoms with E-state index >= 15 is 0 Å². The fourth-order valence-electron chi connectivity index (χ4n) is 2.24. The standard InChI is InChI=1S/C12H15N3O/c1-9-4-5-11-13-14-12(15(11)7-9)10-3-2-6-16-8-10/h4-5,7,10H,2-3,6,8H2,1H3. The fourth-order valence-corrected chi connectivity index (χ4v) is 2.24. The van der Waals surface area contributed by atoms with E-state index in [1.807, 2.05) is 6.07 Å². The molecule has 1 fully saturated rings. The summed E-state index contributed by atoms with van der Waals surface area (Å²) in [5.74, 6) is 1.43. The molecule has 0 bridgehead atoms. The van der Waals surface area contributed by atoms with Crippen molar-refractivity contribution < 1.29 is 4.74 Å². The highest BCUT2D eigenvalue weighted by Gasteiger charge is 2.21. The smallest absolute Gasteiger partial charge is 0.160 e. The molecule has 0 spiro atoms. The Hall–Kier alpha value is -1.42. The van der Waals surface area contributed by atoms with Gasteiger partial charge in [-0.05, 0) is 31.4 Å². The summed E-state index contributed by atoms with van der Waals surface area (Å²) < 4.78 is 7.60. The Labute approximate surface area is 94.3 Å². The number of ether oxygens (including phenoxy) is 1. The van der Waals surface area contributed by atoms with Crippen molar-refractivity contribution in [3.05, 3.63) is 29.7 Å². The third-order valence-corrected chi connectivity index (χ3v) is 3.10. The minimum Gasteiger partial charge on any atom is -0.381 e. The van der Waals surface area contributed by atoms with Crippen molar-refractivity contribution in [1.29, 1.82) is 0 Å². The van der Waals surface area contributed by atoms with Crippen LogP contribution in [-0.2, 0) is 4.74 Å². The molecular formula is C12H15N3O. The van der Waals surface area contributed by atoms with Crippen LogP contribution in [0.2, 0.25) is 0 Å². The van der Waals surface area contributed by atoms with Crippen LogP contribution in [0, 0.1) is 6.92 Å². The molecule has 3 rings (SSSR count). The van der Waals surface area contributed by atoms with Crippen molar-refractivity contribution in [2.75, 3.05) is 13.2 Å². The van der Waals surface area contributed by atoms with Crippen LogP contribution in [0.4, 0.5) is 0 Å². The van der Waals surface area contributed by atoms with Gasteiger partial charge in [-0.2, -0.15) is 0 Å². The van der Waals surface area contributed by atoms with Crippen LogP contribution < -0.4 is 0 Å². The Morgan fingerprint density at radius 1 is 1.38 bits per heavy atom. The number of pyridine rings is 1. The van der Waals surface area contributed by atoms with Crippen LogP contribution >= 0.6 is 0 Å². The minimum absolute atomic E-state index is 0.394. The lowest BCUT2D eigenvalue weighted by Gasteiger charge is -2.20. The summed E-state index contributed by atoms with van der Waals surface area (Å²) in [5, 5.41) is 8.49. The van der Waals surface area contributed by atoms with E-state index < -0.39 is 0 Å². The Morgan fingerprint density at radius 3 is 3.12 bits per heavy atom. The van der Waals surface area contributed by atoms with Gasteiger partial charge in [0, 0.05) is 18.7 Å². The predicted molar refractivity (Wildman–Crippen MR) is 60.5 cm³/mol. The van der Waals surface area contributed by atoms with Crippen LogP contribution in [0.15, 0.2) is 18.3 Å². The van der Waals surface area contributed by atoms with Gasteiger partial charge in [-0.25, -0.2) is 0 Å². The normalized spacial score (nSPS) is 21.4. The van der Waals surface area contributed by atoms with Gasteiger partial charge in [0.25, 0.3) is 0 Å². The molecule has 16 heavy (non-hydrogen) atoms. The van der Waals surface area contributed by atoms with Crippen LogP contribution in [0.1, 0.15) is 30.1 Å². The number of aryl methyl sites for hydroxylation is 1. The average molecular weight is 217 g/mol. The SMILES string of the molecule is Cc1ccc2nnc(C3CCCOC3)n2c1. The van der Waals surface area contributed by atoms with Crippen molar-refractivity contribution in [2.45, 2.75) is 25.7 Å². The molecule has 0 aromatic carbocycles. The number of hydrogen-bond acceptors (Lipinski definition) is 3. The molecule has 1 atom stereocenters. The largest absolute Gasteiger partial charge is 0.381 e. The molecule has 4 nitrogen and oxygen atoms in total. The summed E-state index contributed by atoms with van der Waals surface area (Å²) in [7, 11) is 0. The van der Waals surface area contributed by atoms with Gasteiger partial charge in [0.05, 0.1) is 6.61 Å². The quantitative estimate of drug-likeness (QED) is 0.732. The molecule has 1 aliphatic heterocycles. The average Bonchev–Trinajstić information content (AvgIpc) is 2.73. The van der Waals surface area contributed by atoms with Gasteiger partial charge in [-0.15, -0.1) is 10.2 Å². The lowest BCUT2D eigenvalue weighted by Crippen LogP contribution is -2.17. The molecule has 1 saturated heterocycles. The second-order valence-corrected chi connectivity index (χ2v) is 4.41. The molecular weight excluding hydrogens is 202 g/mol. The molecule has 2 aromatic rings. The van der Waals surface area contributed by atoms with Crippen LogP contribution in [-0.4, -0.2) is 27.8 Å². The number of fused-ring (bicyclic) bond motifs is 1. The Kier molecular flexibility index (Phi) is 2.36. The van der Waals surface area contributed by atoms with Crippen molar-refractivity contribution in [3.63, 3.8) is 0 Å². The summed E-state index contributed by atoms with van der Waals surface area (Å²) in [5.41, 5.74) is 2.15. The van der Waals surface area contributed by atoms with E-state index in [1.165, 1.54) is 5.56 Å². The zero-order valence-electron chi connectivity index (χ0n) is 9.39. The summed E-state index contributed by atoms with van der Waals surface area (Å²) in [6.07, 6.45) is 4.36. The van der Waals surface area contributed by atoms with E-state index in [0.717, 1.165) is 37.5 Å². The fraction of sp³-hybridized carbons (Fsp3) is 0.500. The van der Waals surface area contributed by atoms with Gasteiger partial charge in [-0.3, -0.25) is 4.40 Å². The second-order valence-electron chi connectivity index (χ2n) is 4.41. The monoisotopic (exact) mass is 217 g/mol. The molecule has 1 aliphatic rings. The highest BCUT2D eigenvalue weighted by Crippen LogP contribution is 2.24. The van der Waals surface area contributed by atoms with Crippen molar-refractivity contribution in [1.82, 2.24) is 14.6 Å². The first-order valence-electron chi connectivity index (χ1n) is 5.73. The molecule has 0 aliphatic carbocycles. The Bertz CT molecular complexity index is 500. The zero-order chi connectivity index (χ0) is 11.0. The highest BCUT2D eigenvalue weighted by atomic mass is 16.5. The molecule has 84 valence electrons. The lowest BCUT2D eigenvalue weighted by atomic mass is 10.0. The third-order valence-electron chi connectivity index (χ3n) is 3.10. The topological polar surface area (TPSA) is 39.4 Å². The summed E-state index contributed by atoms with van der Waals surface area (Å²) in [6, 6.07) is 4.07. The van der Waals surface area contributed by atoms with Crippen LogP contribution in [0.3, 0.4) is 0 Å².